The van der Waals surface area contributed by atoms with E-state index in [1.807, 2.05) is 59.7 Å². The van der Waals surface area contributed by atoms with Gasteiger partial charge in [0.05, 0.1) is 24.2 Å². The molecule has 0 radical (unpaired) electrons. The van der Waals surface area contributed by atoms with E-state index in [-0.39, 0.29) is 43.0 Å². The lowest BCUT2D eigenvalue weighted by molar-refractivity contribution is -0.124. The molecule has 41 heavy (non-hydrogen) atoms. The fraction of sp³-hybridized carbons (Fsp3) is 0.633. The van der Waals surface area contributed by atoms with E-state index < -0.39 is 17.6 Å². The lowest BCUT2D eigenvalue weighted by Crippen LogP contribution is -2.41. The first-order valence-corrected chi connectivity index (χ1v) is 13.7. The zero-order valence-electron chi connectivity index (χ0n) is 26.3. The molecule has 0 saturated carbocycles. The third-order valence-electron chi connectivity index (χ3n) is 5.19. The van der Waals surface area contributed by atoms with Gasteiger partial charge in [-0.15, -0.1) is 0 Å². The molecule has 0 spiro atoms. The van der Waals surface area contributed by atoms with E-state index >= 15 is 0 Å². The van der Waals surface area contributed by atoms with E-state index in [0.717, 1.165) is 19.1 Å². The van der Waals surface area contributed by atoms with Crippen LogP contribution in [0.15, 0.2) is 30.3 Å². The number of aryl methyl sites for hydroxylation is 1. The Balaban J connectivity index is 0. The lowest BCUT2D eigenvalue weighted by Gasteiger charge is -2.26. The fourth-order valence-corrected chi connectivity index (χ4v) is 2.91. The van der Waals surface area contributed by atoms with Crippen LogP contribution in [-0.2, 0) is 28.7 Å². The summed E-state index contributed by atoms with van der Waals surface area (Å²) < 4.78 is 10.1. The number of carbonyl (C=O) groups is 5. The average Bonchev–Trinajstić information content (AvgIpc) is 3.36. The molecular weight excluding hydrogens is 528 g/mol. The number of benzene rings is 1. The topological polar surface area (TPSA) is 157 Å². The number of methoxy groups -OCH3 is 1. The van der Waals surface area contributed by atoms with Gasteiger partial charge in [-0.3, -0.25) is 14.5 Å². The zero-order chi connectivity index (χ0) is 32.1. The van der Waals surface area contributed by atoms with Crippen molar-refractivity contribution in [2.24, 2.45) is 5.73 Å². The monoisotopic (exact) mass is 580 g/mol. The molecule has 0 bridgehead atoms. The zero-order valence-corrected chi connectivity index (χ0v) is 26.3. The Kier molecular flexibility index (Phi) is 20.8. The van der Waals surface area contributed by atoms with Crippen molar-refractivity contribution in [2.75, 3.05) is 27.2 Å². The molecule has 1 heterocycles. The largest absolute Gasteiger partial charge is 0.444 e. The Morgan fingerprint density at radius 2 is 1.63 bits per heavy atom. The maximum absolute atomic E-state index is 11.6. The normalized spacial score (nSPS) is 14.9. The van der Waals surface area contributed by atoms with Crippen LogP contribution in [0.4, 0.5) is 4.79 Å². The molecule has 2 rings (SSSR count). The number of rotatable bonds is 8. The highest BCUT2D eigenvalue weighted by molar-refractivity contribution is 5.81. The summed E-state index contributed by atoms with van der Waals surface area (Å²) in [5.41, 5.74) is 5.78. The first-order valence-electron chi connectivity index (χ1n) is 13.7. The number of hydrogen-bond acceptors (Lipinski definition) is 8. The molecular formula is C30H52N4O7. The van der Waals surface area contributed by atoms with Gasteiger partial charge in [0.2, 0.25) is 11.8 Å². The van der Waals surface area contributed by atoms with Crippen LogP contribution >= 0.6 is 0 Å². The molecule has 0 aliphatic carbocycles. The van der Waals surface area contributed by atoms with E-state index in [1.54, 1.807) is 14.2 Å². The summed E-state index contributed by atoms with van der Waals surface area (Å²) in [7, 11) is 3.33. The molecule has 2 unspecified atom stereocenters. The molecule has 1 saturated heterocycles. The van der Waals surface area contributed by atoms with Gasteiger partial charge in [-0.1, -0.05) is 35.9 Å². The van der Waals surface area contributed by atoms with E-state index in [4.69, 9.17) is 15.2 Å². The third kappa shape index (κ3) is 24.2. The molecule has 1 fully saturated rings. The van der Waals surface area contributed by atoms with Gasteiger partial charge in [-0.2, -0.15) is 0 Å². The number of carbonyl (C=O) groups excluding carboxylic acids is 5. The summed E-state index contributed by atoms with van der Waals surface area (Å²) in [6, 6.07) is 9.34. The van der Waals surface area contributed by atoms with Crippen molar-refractivity contribution in [1.29, 1.82) is 0 Å². The predicted molar refractivity (Wildman–Crippen MR) is 160 cm³/mol. The van der Waals surface area contributed by atoms with Crippen LogP contribution in [0.25, 0.3) is 0 Å². The van der Waals surface area contributed by atoms with Crippen LogP contribution in [0.2, 0.25) is 0 Å². The van der Waals surface area contributed by atoms with Gasteiger partial charge in [0.25, 0.3) is 0 Å². The first kappa shape index (κ1) is 39.8. The summed E-state index contributed by atoms with van der Waals surface area (Å²) >= 11 is 0. The molecule has 1 aliphatic heterocycles. The van der Waals surface area contributed by atoms with Crippen molar-refractivity contribution in [1.82, 2.24) is 15.5 Å². The third-order valence-corrected chi connectivity index (χ3v) is 5.19. The number of amides is 3. The number of aldehydes is 2. The number of nitrogens with two attached hydrogens (primary N) is 1. The number of nitrogens with zero attached hydrogens (tertiary/aromatic N) is 1. The molecule has 1 aromatic carbocycles. The Labute approximate surface area is 245 Å². The quantitative estimate of drug-likeness (QED) is 0.396. The van der Waals surface area contributed by atoms with E-state index in [1.165, 1.54) is 10.5 Å². The van der Waals surface area contributed by atoms with Crippen molar-refractivity contribution in [3.8, 4) is 0 Å². The van der Waals surface area contributed by atoms with Crippen LogP contribution in [0.1, 0.15) is 72.8 Å². The number of likely N-dealkylation sites (tertiary alicyclic amines) is 1. The summed E-state index contributed by atoms with van der Waals surface area (Å²) in [4.78, 5) is 55.6. The molecule has 2 atom stereocenters. The molecule has 0 aromatic heterocycles. The van der Waals surface area contributed by atoms with Crippen molar-refractivity contribution in [3.63, 3.8) is 0 Å². The van der Waals surface area contributed by atoms with E-state index in [2.05, 4.69) is 29.7 Å². The minimum Gasteiger partial charge on any atom is -0.444 e. The lowest BCUT2D eigenvalue weighted by atomic mass is 10.1. The summed E-state index contributed by atoms with van der Waals surface area (Å²) in [6.07, 6.45) is 2.99. The summed E-state index contributed by atoms with van der Waals surface area (Å²) in [6.45, 7) is 14.4. The van der Waals surface area contributed by atoms with Gasteiger partial charge >= 0.3 is 6.09 Å². The molecule has 11 nitrogen and oxygen atoms in total. The first-order chi connectivity index (χ1) is 19.0. The second-order valence-corrected chi connectivity index (χ2v) is 11.3. The van der Waals surface area contributed by atoms with Crippen molar-refractivity contribution in [2.45, 2.75) is 97.4 Å². The van der Waals surface area contributed by atoms with Crippen molar-refractivity contribution >= 4 is 30.5 Å². The van der Waals surface area contributed by atoms with Crippen molar-refractivity contribution in [3.05, 3.63) is 35.9 Å². The SMILES string of the molecule is CC(C)(C)OC(=O)N1CCCC1C=O.CNCC(=O)NC(C=O)CCC(N)=O.COC(C)(C)C.Cc1ccccc1. The van der Waals surface area contributed by atoms with E-state index in [0.29, 0.717) is 12.8 Å². The molecule has 1 aliphatic rings. The Morgan fingerprint density at radius 3 is 2.00 bits per heavy atom. The minimum atomic E-state index is -0.636. The fourth-order valence-electron chi connectivity index (χ4n) is 2.91. The number of hydrogen-bond donors (Lipinski definition) is 3. The van der Waals surface area contributed by atoms with Gasteiger partial charge in [0.15, 0.2) is 0 Å². The molecule has 234 valence electrons. The second-order valence-electron chi connectivity index (χ2n) is 11.3. The number of likely N-dealkylation sites (N-methyl/N-ethyl adjacent to an activating group) is 1. The van der Waals surface area contributed by atoms with Crippen LogP contribution < -0.4 is 16.4 Å². The molecule has 3 amide bonds. The van der Waals surface area contributed by atoms with Gasteiger partial charge < -0.3 is 35.4 Å². The Bertz CT molecular complexity index is 896. The molecule has 11 heteroatoms. The standard InChI is InChI=1S/C10H17NO3.C8H15N3O3.C7H8.C5H12O/c1-10(2,3)14-9(13)11-6-4-5-8(11)7-12;1-10-4-8(14)11-6(5-12)2-3-7(9)13;1-7-5-3-2-4-6-7;1-5(2,3)6-4/h7-8H,4-6H2,1-3H3;5-6,10H,2-4H2,1H3,(H2,9,13)(H,11,14);2-6H,1H3;1-4H3. The predicted octanol–water partition coefficient (Wildman–Crippen LogP) is 3.17. The average molecular weight is 581 g/mol. The highest BCUT2D eigenvalue weighted by Crippen LogP contribution is 2.19. The van der Waals surface area contributed by atoms with Crippen LogP contribution in [0, 0.1) is 6.92 Å². The van der Waals surface area contributed by atoms with Gasteiger partial charge in [0.1, 0.15) is 18.2 Å². The van der Waals surface area contributed by atoms with Gasteiger partial charge in [0, 0.05) is 20.1 Å². The maximum atomic E-state index is 11.6. The highest BCUT2D eigenvalue weighted by atomic mass is 16.6. The summed E-state index contributed by atoms with van der Waals surface area (Å²) in [5.74, 6) is -0.770. The second kappa shape index (κ2) is 21.4. The molecule has 4 N–H and O–H groups in total. The Hall–Kier alpha value is -3.31. The van der Waals surface area contributed by atoms with Crippen LogP contribution in [0.5, 0.6) is 0 Å². The van der Waals surface area contributed by atoms with Gasteiger partial charge in [-0.25, -0.2) is 4.79 Å². The summed E-state index contributed by atoms with van der Waals surface area (Å²) in [5, 5.41) is 5.09. The number of primary amides is 1. The number of ether oxygens (including phenoxy) is 2. The van der Waals surface area contributed by atoms with Crippen molar-refractivity contribution < 1.29 is 33.4 Å². The minimum absolute atomic E-state index is 0.0417. The smallest absolute Gasteiger partial charge is 0.410 e. The van der Waals surface area contributed by atoms with Crippen LogP contribution in [0.3, 0.4) is 0 Å². The van der Waals surface area contributed by atoms with E-state index in [9.17, 15) is 24.0 Å². The van der Waals surface area contributed by atoms with Gasteiger partial charge in [-0.05, 0) is 74.8 Å². The Morgan fingerprint density at radius 1 is 1.07 bits per heavy atom. The highest BCUT2D eigenvalue weighted by Gasteiger charge is 2.31. The maximum Gasteiger partial charge on any atom is 0.410 e. The number of nitrogens with one attached hydrogen (secondary N) is 2. The molecule has 1 aromatic rings. The van der Waals surface area contributed by atoms with Crippen LogP contribution in [-0.4, -0.2) is 85.9 Å².